The second-order valence-electron chi connectivity index (χ2n) is 4.79. The first-order chi connectivity index (χ1) is 8.66. The van der Waals surface area contributed by atoms with Crippen LogP contribution in [0.5, 0.6) is 0 Å². The van der Waals surface area contributed by atoms with Crippen molar-refractivity contribution in [1.82, 2.24) is 10.2 Å². The molecule has 1 aliphatic rings. The Balaban J connectivity index is 1.95. The Bertz CT molecular complexity index is 422. The van der Waals surface area contributed by atoms with Gasteiger partial charge in [0.25, 0.3) is 5.69 Å². The highest BCUT2D eigenvalue weighted by atomic mass is 16.6. The molecule has 18 heavy (non-hydrogen) atoms. The number of para-hydroxylation sites is 1. The van der Waals surface area contributed by atoms with Crippen molar-refractivity contribution >= 4 is 5.69 Å². The van der Waals surface area contributed by atoms with Gasteiger partial charge in [-0.3, -0.25) is 10.1 Å². The van der Waals surface area contributed by atoms with Crippen molar-refractivity contribution in [1.29, 1.82) is 0 Å². The molecule has 5 nitrogen and oxygen atoms in total. The van der Waals surface area contributed by atoms with E-state index in [0.717, 1.165) is 38.2 Å². The maximum atomic E-state index is 10.9. The van der Waals surface area contributed by atoms with Crippen LogP contribution in [0.25, 0.3) is 0 Å². The van der Waals surface area contributed by atoms with E-state index in [4.69, 9.17) is 0 Å². The van der Waals surface area contributed by atoms with E-state index in [0.29, 0.717) is 6.04 Å². The molecular weight excluding hydrogens is 230 g/mol. The summed E-state index contributed by atoms with van der Waals surface area (Å²) in [6.07, 6.45) is 0.740. The van der Waals surface area contributed by atoms with E-state index in [-0.39, 0.29) is 10.6 Å². The summed E-state index contributed by atoms with van der Waals surface area (Å²) in [5.41, 5.74) is 1.06. The Kier molecular flexibility index (Phi) is 4.28. The van der Waals surface area contributed by atoms with Gasteiger partial charge in [-0.15, -0.1) is 0 Å². The maximum Gasteiger partial charge on any atom is 0.272 e. The van der Waals surface area contributed by atoms with Crippen molar-refractivity contribution in [2.24, 2.45) is 0 Å². The van der Waals surface area contributed by atoms with Gasteiger partial charge in [-0.2, -0.15) is 0 Å². The van der Waals surface area contributed by atoms with Crippen LogP contribution in [0.3, 0.4) is 0 Å². The number of nitrogens with one attached hydrogen (secondary N) is 1. The Morgan fingerprint density at radius 1 is 1.50 bits per heavy atom. The summed E-state index contributed by atoms with van der Waals surface area (Å²) >= 11 is 0. The molecule has 1 N–H and O–H groups in total. The third-order valence-electron chi connectivity index (χ3n) is 3.34. The average Bonchev–Trinajstić information content (AvgIpc) is 2.37. The molecule has 0 aliphatic carbocycles. The van der Waals surface area contributed by atoms with Crippen LogP contribution < -0.4 is 5.32 Å². The van der Waals surface area contributed by atoms with Crippen LogP contribution in [0, 0.1) is 10.1 Å². The number of nitro benzene ring substituents is 1. The smallest absolute Gasteiger partial charge is 0.272 e. The number of benzene rings is 1. The van der Waals surface area contributed by atoms with Gasteiger partial charge in [-0.05, 0) is 13.3 Å². The predicted octanol–water partition coefficient (Wildman–Crippen LogP) is 1.43. The van der Waals surface area contributed by atoms with E-state index in [1.165, 1.54) is 0 Å². The molecule has 1 atom stereocenters. The predicted molar refractivity (Wildman–Crippen MR) is 70.7 cm³/mol. The van der Waals surface area contributed by atoms with Crippen LogP contribution in [0.4, 0.5) is 5.69 Å². The Morgan fingerprint density at radius 2 is 2.28 bits per heavy atom. The van der Waals surface area contributed by atoms with Crippen molar-refractivity contribution in [2.75, 3.05) is 26.2 Å². The lowest BCUT2D eigenvalue weighted by Crippen LogP contribution is -2.49. The molecule has 1 aromatic carbocycles. The summed E-state index contributed by atoms with van der Waals surface area (Å²) in [5.74, 6) is 0. The SMILES string of the molecule is C[C@H]1CN(CCc2ccccc2[N+](=O)[O-])CCN1. The number of nitrogens with zero attached hydrogens (tertiary/aromatic N) is 2. The van der Waals surface area contributed by atoms with Crippen LogP contribution in [-0.4, -0.2) is 42.0 Å². The standard InChI is InChI=1S/C13H19N3O2/c1-11-10-15(9-7-14-11)8-6-12-4-2-3-5-13(12)16(17)18/h2-5,11,14H,6-10H2,1H3/t11-/m0/s1. The average molecular weight is 249 g/mol. The molecule has 0 radical (unpaired) electrons. The zero-order valence-corrected chi connectivity index (χ0v) is 10.6. The number of nitro groups is 1. The van der Waals surface area contributed by atoms with Crippen molar-refractivity contribution in [3.8, 4) is 0 Å². The minimum absolute atomic E-state index is 0.237. The van der Waals surface area contributed by atoms with Gasteiger partial charge >= 0.3 is 0 Å². The summed E-state index contributed by atoms with van der Waals surface area (Å²) in [6, 6.07) is 7.51. The minimum Gasteiger partial charge on any atom is -0.312 e. The highest BCUT2D eigenvalue weighted by molar-refractivity contribution is 5.39. The Labute approximate surface area is 107 Å². The first-order valence-corrected chi connectivity index (χ1v) is 6.35. The van der Waals surface area contributed by atoms with Crippen LogP contribution in [0.1, 0.15) is 12.5 Å². The first kappa shape index (κ1) is 13.0. The summed E-state index contributed by atoms with van der Waals surface area (Å²) < 4.78 is 0. The molecule has 1 aliphatic heterocycles. The topological polar surface area (TPSA) is 58.4 Å². The molecule has 0 amide bonds. The summed E-state index contributed by atoms with van der Waals surface area (Å²) in [5, 5.41) is 14.3. The molecular formula is C13H19N3O2. The lowest BCUT2D eigenvalue weighted by atomic mass is 10.1. The largest absolute Gasteiger partial charge is 0.312 e. The molecule has 1 saturated heterocycles. The minimum atomic E-state index is -0.296. The van der Waals surface area contributed by atoms with Crippen LogP contribution in [-0.2, 0) is 6.42 Å². The second kappa shape index (κ2) is 5.93. The van der Waals surface area contributed by atoms with E-state index in [1.54, 1.807) is 12.1 Å². The molecule has 0 aromatic heterocycles. The maximum absolute atomic E-state index is 10.9. The molecule has 1 aromatic rings. The molecule has 0 bridgehead atoms. The van der Waals surface area contributed by atoms with E-state index in [9.17, 15) is 10.1 Å². The van der Waals surface area contributed by atoms with E-state index in [1.807, 2.05) is 12.1 Å². The molecule has 0 unspecified atom stereocenters. The third kappa shape index (κ3) is 3.27. The van der Waals surface area contributed by atoms with Crippen molar-refractivity contribution < 1.29 is 4.92 Å². The fourth-order valence-corrected chi connectivity index (χ4v) is 2.39. The highest BCUT2D eigenvalue weighted by Crippen LogP contribution is 2.18. The molecule has 98 valence electrons. The quantitative estimate of drug-likeness (QED) is 0.648. The Morgan fingerprint density at radius 3 is 3.00 bits per heavy atom. The summed E-state index contributed by atoms with van der Waals surface area (Å²) in [6.45, 7) is 6.08. The number of piperazine rings is 1. The molecule has 5 heteroatoms. The van der Waals surface area contributed by atoms with Crippen molar-refractivity contribution in [3.63, 3.8) is 0 Å². The molecule has 1 heterocycles. The second-order valence-corrected chi connectivity index (χ2v) is 4.79. The van der Waals surface area contributed by atoms with Gasteiger partial charge in [0, 0.05) is 43.9 Å². The van der Waals surface area contributed by atoms with Crippen molar-refractivity contribution in [3.05, 3.63) is 39.9 Å². The van der Waals surface area contributed by atoms with Gasteiger partial charge in [-0.1, -0.05) is 18.2 Å². The summed E-state index contributed by atoms with van der Waals surface area (Å²) in [4.78, 5) is 13.0. The van der Waals surface area contributed by atoms with Crippen LogP contribution in [0.2, 0.25) is 0 Å². The number of hydrogen-bond donors (Lipinski definition) is 1. The lowest BCUT2D eigenvalue weighted by molar-refractivity contribution is -0.385. The van der Waals surface area contributed by atoms with E-state index >= 15 is 0 Å². The first-order valence-electron chi connectivity index (χ1n) is 6.35. The van der Waals surface area contributed by atoms with Crippen LogP contribution >= 0.6 is 0 Å². The van der Waals surface area contributed by atoms with Gasteiger partial charge in [0.15, 0.2) is 0 Å². The lowest BCUT2D eigenvalue weighted by Gasteiger charge is -2.31. The van der Waals surface area contributed by atoms with Gasteiger partial charge in [0.1, 0.15) is 0 Å². The fourth-order valence-electron chi connectivity index (χ4n) is 2.39. The zero-order valence-electron chi connectivity index (χ0n) is 10.6. The highest BCUT2D eigenvalue weighted by Gasteiger charge is 2.17. The Hall–Kier alpha value is -1.46. The fraction of sp³-hybridized carbons (Fsp3) is 0.538. The number of rotatable bonds is 4. The summed E-state index contributed by atoms with van der Waals surface area (Å²) in [7, 11) is 0. The van der Waals surface area contributed by atoms with E-state index < -0.39 is 0 Å². The van der Waals surface area contributed by atoms with E-state index in [2.05, 4.69) is 17.1 Å². The van der Waals surface area contributed by atoms with Gasteiger partial charge in [0.05, 0.1) is 4.92 Å². The zero-order chi connectivity index (χ0) is 13.0. The molecule has 0 spiro atoms. The molecule has 1 fully saturated rings. The number of hydrogen-bond acceptors (Lipinski definition) is 4. The normalized spacial score (nSPS) is 20.8. The van der Waals surface area contributed by atoms with Gasteiger partial charge < -0.3 is 10.2 Å². The third-order valence-corrected chi connectivity index (χ3v) is 3.34. The van der Waals surface area contributed by atoms with Gasteiger partial charge in [-0.25, -0.2) is 0 Å². The molecule has 2 rings (SSSR count). The van der Waals surface area contributed by atoms with Crippen LogP contribution in [0.15, 0.2) is 24.3 Å². The molecule has 0 saturated carbocycles. The van der Waals surface area contributed by atoms with Crippen molar-refractivity contribution in [2.45, 2.75) is 19.4 Å². The monoisotopic (exact) mass is 249 g/mol. The van der Waals surface area contributed by atoms with Gasteiger partial charge in [0.2, 0.25) is 0 Å².